The van der Waals surface area contributed by atoms with Gasteiger partial charge in [0.15, 0.2) is 5.82 Å². The van der Waals surface area contributed by atoms with E-state index in [0.29, 0.717) is 12.2 Å². The lowest BCUT2D eigenvalue weighted by Gasteiger charge is -2.57. The number of benzene rings is 2. The molecule has 2 unspecified atom stereocenters. The van der Waals surface area contributed by atoms with Crippen LogP contribution in [0.25, 0.3) is 0 Å². The third kappa shape index (κ3) is 2.87. The van der Waals surface area contributed by atoms with Crippen molar-refractivity contribution in [3.05, 3.63) is 90.1 Å². The summed E-state index contributed by atoms with van der Waals surface area (Å²) in [5.41, 5.74) is 2.23. The Kier molecular flexibility index (Phi) is 4.87. The number of allylic oxidation sites excluding steroid dienone is 1. The number of alkyl halides is 3. The summed E-state index contributed by atoms with van der Waals surface area (Å²) in [4.78, 5) is 8.43. The first-order chi connectivity index (χ1) is 16.0. The Hall–Kier alpha value is -3.28. The summed E-state index contributed by atoms with van der Waals surface area (Å²) < 4.78 is 43.2. The van der Waals surface area contributed by atoms with Crippen LogP contribution >= 0.6 is 0 Å². The van der Waals surface area contributed by atoms with Gasteiger partial charge < -0.3 is 9.80 Å². The predicted octanol–water partition coefficient (Wildman–Crippen LogP) is 7.90. The van der Waals surface area contributed by atoms with Crippen molar-refractivity contribution in [3.63, 3.8) is 0 Å². The lowest BCUT2D eigenvalue weighted by molar-refractivity contribution is -0.137. The molecule has 1 aromatic heterocycles. The molecule has 0 saturated heterocycles. The van der Waals surface area contributed by atoms with Crippen LogP contribution in [0.3, 0.4) is 0 Å². The number of para-hydroxylation sites is 2. The number of anilines is 4. The Balaban J connectivity index is 1.91. The molecule has 2 aromatic carbocycles. The minimum atomic E-state index is -4.52. The molecule has 2 atom stereocenters. The Morgan fingerprint density at radius 3 is 2.26 bits per heavy atom. The smallest absolute Gasteiger partial charge is 0.316 e. The van der Waals surface area contributed by atoms with Crippen LogP contribution in [0.5, 0.6) is 0 Å². The van der Waals surface area contributed by atoms with Gasteiger partial charge in [-0.15, -0.1) is 6.58 Å². The molecular weight excluding hydrogens is 435 g/mol. The molecule has 0 amide bonds. The number of hydrogen-bond acceptors (Lipinski definition) is 3. The summed E-state index contributed by atoms with van der Waals surface area (Å²) in [6, 6.07) is 16.7. The Labute approximate surface area is 198 Å². The molecule has 0 fully saturated rings. The zero-order chi connectivity index (χ0) is 24.5. The SMILES string of the molecule is C=CCC1(C)c2ccccc2N2c3nccc(C(F)(F)F)c3N(c3ccccc3C)C2C1(C)C. The van der Waals surface area contributed by atoms with Crippen molar-refractivity contribution in [3.8, 4) is 0 Å². The van der Waals surface area contributed by atoms with E-state index < -0.39 is 23.3 Å². The van der Waals surface area contributed by atoms with Crippen LogP contribution < -0.4 is 9.80 Å². The number of aryl methyl sites for hydroxylation is 1. The van der Waals surface area contributed by atoms with Crippen LogP contribution in [0.2, 0.25) is 0 Å². The summed E-state index contributed by atoms with van der Waals surface area (Å²) in [7, 11) is 0. The molecule has 3 heterocycles. The van der Waals surface area contributed by atoms with Crippen LogP contribution in [0, 0.1) is 12.3 Å². The number of halogens is 3. The minimum Gasteiger partial charge on any atom is -0.316 e. The molecule has 0 N–H and O–H groups in total. The average Bonchev–Trinajstić information content (AvgIpc) is 3.14. The summed E-state index contributed by atoms with van der Waals surface area (Å²) in [6.45, 7) is 12.4. The second-order valence-electron chi connectivity index (χ2n) is 9.99. The Morgan fingerprint density at radius 2 is 1.62 bits per heavy atom. The molecule has 0 saturated carbocycles. The zero-order valence-electron chi connectivity index (χ0n) is 19.8. The van der Waals surface area contributed by atoms with Gasteiger partial charge in [0, 0.05) is 28.4 Å². The predicted molar refractivity (Wildman–Crippen MR) is 131 cm³/mol. The highest BCUT2D eigenvalue weighted by Gasteiger charge is 2.60. The van der Waals surface area contributed by atoms with Gasteiger partial charge in [-0.1, -0.05) is 63.2 Å². The first kappa shape index (κ1) is 22.5. The van der Waals surface area contributed by atoms with Crippen molar-refractivity contribution >= 4 is 22.9 Å². The molecule has 0 bridgehead atoms. The van der Waals surface area contributed by atoms with E-state index >= 15 is 0 Å². The molecule has 5 rings (SSSR count). The highest BCUT2D eigenvalue weighted by atomic mass is 19.4. The lowest BCUT2D eigenvalue weighted by Crippen LogP contribution is -2.61. The number of fused-ring (bicyclic) bond motifs is 5. The van der Waals surface area contributed by atoms with Gasteiger partial charge in [-0.05, 0) is 42.7 Å². The second-order valence-corrected chi connectivity index (χ2v) is 9.99. The van der Waals surface area contributed by atoms with Gasteiger partial charge in [0.1, 0.15) is 6.17 Å². The molecule has 3 aromatic rings. The minimum absolute atomic E-state index is 0.111. The molecule has 2 aliphatic heterocycles. The van der Waals surface area contributed by atoms with Crippen LogP contribution in [0.4, 0.5) is 36.1 Å². The van der Waals surface area contributed by atoms with Crippen LogP contribution in [0.1, 0.15) is 43.9 Å². The summed E-state index contributed by atoms with van der Waals surface area (Å²) in [6.07, 6.45) is -1.06. The maximum absolute atomic E-state index is 14.4. The molecule has 34 heavy (non-hydrogen) atoms. The number of nitrogens with zero attached hydrogens (tertiary/aromatic N) is 3. The maximum atomic E-state index is 14.4. The topological polar surface area (TPSA) is 19.4 Å². The Bertz CT molecular complexity index is 1280. The third-order valence-electron chi connectivity index (χ3n) is 7.92. The van der Waals surface area contributed by atoms with Gasteiger partial charge in [-0.2, -0.15) is 13.2 Å². The first-order valence-corrected chi connectivity index (χ1v) is 11.4. The standard InChI is InChI=1S/C28H28F3N3/c1-6-16-27(5)19-12-8-10-14-22(19)34-24-23(20(15-17-32-24)28(29,30)31)33(25(34)26(27,3)4)21-13-9-7-11-18(21)2/h6-15,17,25H,1,16H2,2-5H3. The molecular formula is C28H28F3N3. The fourth-order valence-corrected chi connectivity index (χ4v) is 5.86. The fraction of sp³-hybridized carbons (Fsp3) is 0.321. The third-order valence-corrected chi connectivity index (χ3v) is 7.92. The highest BCUT2D eigenvalue weighted by Crippen LogP contribution is 2.64. The maximum Gasteiger partial charge on any atom is 0.418 e. The van der Waals surface area contributed by atoms with Gasteiger partial charge in [0.2, 0.25) is 0 Å². The number of aromatic nitrogens is 1. The largest absolute Gasteiger partial charge is 0.418 e. The summed E-state index contributed by atoms with van der Waals surface area (Å²) >= 11 is 0. The van der Waals surface area contributed by atoms with Crippen molar-refractivity contribution in [2.45, 2.75) is 51.9 Å². The zero-order valence-corrected chi connectivity index (χ0v) is 19.8. The molecule has 176 valence electrons. The van der Waals surface area contributed by atoms with Crippen LogP contribution in [-0.4, -0.2) is 11.1 Å². The van der Waals surface area contributed by atoms with E-state index in [2.05, 4.69) is 38.4 Å². The van der Waals surface area contributed by atoms with Crippen molar-refractivity contribution < 1.29 is 13.2 Å². The van der Waals surface area contributed by atoms with Crippen LogP contribution in [-0.2, 0) is 11.6 Å². The summed E-state index contributed by atoms with van der Waals surface area (Å²) in [5.74, 6) is 0.337. The van der Waals surface area contributed by atoms with Crippen molar-refractivity contribution in [2.75, 3.05) is 9.80 Å². The lowest BCUT2D eigenvalue weighted by atomic mass is 9.57. The highest BCUT2D eigenvalue weighted by molar-refractivity contribution is 5.91. The van der Waals surface area contributed by atoms with Crippen molar-refractivity contribution in [2.24, 2.45) is 5.41 Å². The van der Waals surface area contributed by atoms with Gasteiger partial charge in [-0.25, -0.2) is 4.98 Å². The monoisotopic (exact) mass is 463 g/mol. The normalized spacial score (nSPS) is 22.7. The fourth-order valence-electron chi connectivity index (χ4n) is 5.86. The Morgan fingerprint density at radius 1 is 0.971 bits per heavy atom. The van der Waals surface area contributed by atoms with E-state index in [1.807, 2.05) is 65.3 Å². The molecule has 0 spiro atoms. The number of rotatable bonds is 3. The van der Waals surface area contributed by atoms with Gasteiger partial charge in [0.25, 0.3) is 0 Å². The van der Waals surface area contributed by atoms with E-state index in [9.17, 15) is 13.2 Å². The first-order valence-electron chi connectivity index (χ1n) is 11.4. The second kappa shape index (κ2) is 7.36. The molecule has 2 aliphatic rings. The molecule has 0 radical (unpaired) electrons. The van der Waals surface area contributed by atoms with Crippen molar-refractivity contribution in [1.29, 1.82) is 0 Å². The number of hydrogen-bond donors (Lipinski definition) is 0. The van der Waals surface area contributed by atoms with E-state index in [1.54, 1.807) is 0 Å². The van der Waals surface area contributed by atoms with Crippen molar-refractivity contribution in [1.82, 2.24) is 4.98 Å². The molecule has 0 aliphatic carbocycles. The molecule has 3 nitrogen and oxygen atoms in total. The van der Waals surface area contributed by atoms with Gasteiger partial charge in [-0.3, -0.25) is 0 Å². The van der Waals surface area contributed by atoms with E-state index in [-0.39, 0.29) is 11.1 Å². The van der Waals surface area contributed by atoms with Gasteiger partial charge in [0.05, 0.1) is 11.3 Å². The molecule has 6 heteroatoms. The van der Waals surface area contributed by atoms with E-state index in [0.717, 1.165) is 28.6 Å². The van der Waals surface area contributed by atoms with E-state index in [1.165, 1.54) is 6.20 Å². The van der Waals surface area contributed by atoms with E-state index in [4.69, 9.17) is 0 Å². The summed E-state index contributed by atoms with van der Waals surface area (Å²) in [5, 5.41) is 0. The quantitative estimate of drug-likeness (QED) is 0.368. The average molecular weight is 464 g/mol. The number of pyridine rings is 1. The van der Waals surface area contributed by atoms with Gasteiger partial charge >= 0.3 is 6.18 Å². The van der Waals surface area contributed by atoms with Crippen LogP contribution in [0.15, 0.2) is 73.4 Å².